The second-order valence-corrected chi connectivity index (χ2v) is 9.05. The van der Waals surface area contributed by atoms with E-state index in [-0.39, 0.29) is 26.5 Å². The molecule has 1 aliphatic heterocycles. The molecule has 1 aromatic heterocycles. The third-order valence-electron chi connectivity index (χ3n) is 3.38. The maximum absolute atomic E-state index is 12.4. The Morgan fingerprint density at radius 1 is 1.48 bits per heavy atom. The van der Waals surface area contributed by atoms with E-state index in [1.54, 1.807) is 0 Å². The highest BCUT2D eigenvalue weighted by atomic mass is 35.5. The monoisotopic (exact) mass is 351 g/mol. The molecule has 118 valence electrons. The predicted octanol–water partition coefficient (Wildman–Crippen LogP) is 1.72. The van der Waals surface area contributed by atoms with Crippen molar-refractivity contribution in [3.8, 4) is 0 Å². The first-order chi connectivity index (χ1) is 9.80. The highest BCUT2D eigenvalue weighted by Crippen LogP contribution is 2.27. The van der Waals surface area contributed by atoms with Gasteiger partial charge in [-0.2, -0.15) is 4.31 Å². The summed E-state index contributed by atoms with van der Waals surface area (Å²) in [5.41, 5.74) is 0. The Morgan fingerprint density at radius 3 is 2.57 bits per heavy atom. The Morgan fingerprint density at radius 2 is 2.10 bits per heavy atom. The van der Waals surface area contributed by atoms with E-state index < -0.39 is 10.0 Å². The second-order valence-electron chi connectivity index (χ2n) is 5.27. The summed E-state index contributed by atoms with van der Waals surface area (Å²) in [6.45, 7) is 4.45. The lowest BCUT2D eigenvalue weighted by Crippen LogP contribution is -2.47. The molecule has 0 atom stereocenters. The maximum Gasteiger partial charge on any atom is 0.254 e. The van der Waals surface area contributed by atoms with Gasteiger partial charge in [-0.15, -0.1) is 0 Å². The quantitative estimate of drug-likeness (QED) is 0.895. The van der Waals surface area contributed by atoms with Crippen molar-refractivity contribution in [2.75, 3.05) is 13.1 Å². The fourth-order valence-corrected chi connectivity index (χ4v) is 5.01. The average molecular weight is 352 g/mol. The molecule has 0 aliphatic carbocycles. The SMILES string of the molecule is CC(C)C(=O)NC1CCN(S(=O)(=O)c2cnc(Cl)s2)CC1. The van der Waals surface area contributed by atoms with Crippen LogP contribution in [0.5, 0.6) is 0 Å². The molecule has 0 bridgehead atoms. The minimum atomic E-state index is -3.52. The number of halogens is 1. The van der Waals surface area contributed by atoms with Gasteiger partial charge in [-0.25, -0.2) is 13.4 Å². The van der Waals surface area contributed by atoms with Crippen LogP contribution in [-0.2, 0) is 14.8 Å². The number of sulfonamides is 1. The predicted molar refractivity (Wildman–Crippen MR) is 81.9 cm³/mol. The number of rotatable bonds is 4. The molecule has 0 spiro atoms. The molecule has 9 heteroatoms. The van der Waals surface area contributed by atoms with Gasteiger partial charge in [0.05, 0.1) is 6.20 Å². The van der Waals surface area contributed by atoms with Crippen molar-refractivity contribution in [2.24, 2.45) is 5.92 Å². The fourth-order valence-electron chi connectivity index (χ4n) is 2.09. The van der Waals surface area contributed by atoms with Gasteiger partial charge in [0.15, 0.2) is 8.68 Å². The molecule has 1 aliphatic rings. The van der Waals surface area contributed by atoms with Crippen LogP contribution in [-0.4, -0.2) is 42.7 Å². The van der Waals surface area contributed by atoms with Gasteiger partial charge >= 0.3 is 0 Å². The average Bonchev–Trinajstić information content (AvgIpc) is 2.86. The number of carbonyl (C=O) groups excluding carboxylic acids is 1. The number of nitrogens with one attached hydrogen (secondary N) is 1. The Balaban J connectivity index is 1.96. The van der Waals surface area contributed by atoms with Crippen LogP contribution in [0.4, 0.5) is 0 Å². The van der Waals surface area contributed by atoms with Crippen molar-refractivity contribution in [1.82, 2.24) is 14.6 Å². The molecule has 21 heavy (non-hydrogen) atoms. The number of piperidine rings is 1. The molecular weight excluding hydrogens is 334 g/mol. The van der Waals surface area contributed by atoms with Gasteiger partial charge in [0.25, 0.3) is 10.0 Å². The Bertz CT molecular complexity index is 607. The smallest absolute Gasteiger partial charge is 0.254 e. The van der Waals surface area contributed by atoms with Crippen LogP contribution < -0.4 is 5.32 Å². The molecule has 2 rings (SSSR count). The zero-order chi connectivity index (χ0) is 15.6. The molecule has 0 radical (unpaired) electrons. The lowest BCUT2D eigenvalue weighted by atomic mass is 10.1. The normalized spacial score (nSPS) is 18.1. The Kier molecular flexibility index (Phi) is 5.24. The van der Waals surface area contributed by atoms with Crippen LogP contribution in [0.1, 0.15) is 26.7 Å². The first kappa shape index (κ1) is 16.7. The minimum Gasteiger partial charge on any atom is -0.353 e. The van der Waals surface area contributed by atoms with Crippen molar-refractivity contribution in [2.45, 2.75) is 36.9 Å². The Labute approximate surface area is 133 Å². The highest BCUT2D eigenvalue weighted by Gasteiger charge is 2.31. The summed E-state index contributed by atoms with van der Waals surface area (Å²) in [5, 5.41) is 2.94. The van der Waals surface area contributed by atoms with Gasteiger partial charge in [0.1, 0.15) is 0 Å². The lowest BCUT2D eigenvalue weighted by Gasteiger charge is -2.31. The van der Waals surface area contributed by atoms with E-state index in [4.69, 9.17) is 11.6 Å². The molecule has 1 amide bonds. The zero-order valence-corrected chi connectivity index (χ0v) is 14.3. The van der Waals surface area contributed by atoms with Gasteiger partial charge < -0.3 is 5.32 Å². The minimum absolute atomic E-state index is 0.00513. The Hall–Kier alpha value is -0.700. The van der Waals surface area contributed by atoms with Crippen LogP contribution in [0.3, 0.4) is 0 Å². The molecule has 1 saturated heterocycles. The number of carbonyl (C=O) groups is 1. The van der Waals surface area contributed by atoms with E-state index in [9.17, 15) is 13.2 Å². The number of amides is 1. The standard InChI is InChI=1S/C12H18ClN3O3S2/c1-8(2)11(17)15-9-3-5-16(6-4-9)21(18,19)10-7-14-12(13)20-10/h7-9H,3-6H2,1-2H3,(H,15,17). The van der Waals surface area contributed by atoms with E-state index in [0.717, 1.165) is 11.3 Å². The number of hydrogen-bond acceptors (Lipinski definition) is 5. The maximum atomic E-state index is 12.4. The fraction of sp³-hybridized carbons (Fsp3) is 0.667. The van der Waals surface area contributed by atoms with Crippen LogP contribution in [0.25, 0.3) is 0 Å². The molecule has 1 N–H and O–H groups in total. The molecule has 6 nitrogen and oxygen atoms in total. The molecular formula is C12H18ClN3O3S2. The lowest BCUT2D eigenvalue weighted by molar-refractivity contribution is -0.124. The molecule has 0 saturated carbocycles. The largest absolute Gasteiger partial charge is 0.353 e. The first-order valence-corrected chi connectivity index (χ1v) is 9.36. The third kappa shape index (κ3) is 3.94. The van der Waals surface area contributed by atoms with Crippen molar-refractivity contribution >= 4 is 38.9 Å². The van der Waals surface area contributed by atoms with Gasteiger partial charge in [0.2, 0.25) is 5.91 Å². The summed E-state index contributed by atoms with van der Waals surface area (Å²) in [5.74, 6) is -0.0587. The summed E-state index contributed by atoms with van der Waals surface area (Å²) in [6.07, 6.45) is 2.52. The van der Waals surface area contributed by atoms with Gasteiger partial charge in [-0.3, -0.25) is 4.79 Å². The van der Waals surface area contributed by atoms with E-state index in [1.165, 1.54) is 10.5 Å². The summed E-state index contributed by atoms with van der Waals surface area (Å²) in [4.78, 5) is 15.4. The summed E-state index contributed by atoms with van der Waals surface area (Å²) in [7, 11) is -3.52. The molecule has 1 fully saturated rings. The van der Waals surface area contributed by atoms with E-state index in [0.29, 0.717) is 25.9 Å². The summed E-state index contributed by atoms with van der Waals surface area (Å²) >= 11 is 6.65. The zero-order valence-electron chi connectivity index (χ0n) is 11.9. The van der Waals surface area contributed by atoms with Gasteiger partial charge in [-0.05, 0) is 12.8 Å². The van der Waals surface area contributed by atoms with Crippen molar-refractivity contribution in [1.29, 1.82) is 0 Å². The number of thiazole rings is 1. The second kappa shape index (κ2) is 6.60. The number of hydrogen-bond donors (Lipinski definition) is 1. The third-order valence-corrected chi connectivity index (χ3v) is 6.83. The van der Waals surface area contributed by atoms with Crippen LogP contribution in [0.2, 0.25) is 4.47 Å². The van der Waals surface area contributed by atoms with Crippen molar-refractivity contribution in [3.63, 3.8) is 0 Å². The first-order valence-electron chi connectivity index (χ1n) is 6.72. The number of aromatic nitrogens is 1. The molecule has 0 aromatic carbocycles. The van der Waals surface area contributed by atoms with Crippen LogP contribution in [0.15, 0.2) is 10.4 Å². The van der Waals surface area contributed by atoms with E-state index in [2.05, 4.69) is 10.3 Å². The van der Waals surface area contributed by atoms with Crippen LogP contribution >= 0.6 is 22.9 Å². The van der Waals surface area contributed by atoms with E-state index >= 15 is 0 Å². The molecule has 2 heterocycles. The number of nitrogens with zero attached hydrogens (tertiary/aromatic N) is 2. The highest BCUT2D eigenvalue weighted by molar-refractivity contribution is 7.91. The topological polar surface area (TPSA) is 79.4 Å². The van der Waals surface area contributed by atoms with Gasteiger partial charge in [-0.1, -0.05) is 36.8 Å². The summed E-state index contributed by atoms with van der Waals surface area (Å²) in [6, 6.07) is 0.0383. The van der Waals surface area contributed by atoms with Crippen molar-refractivity contribution in [3.05, 3.63) is 10.7 Å². The van der Waals surface area contributed by atoms with Crippen molar-refractivity contribution < 1.29 is 13.2 Å². The van der Waals surface area contributed by atoms with Crippen LogP contribution in [0, 0.1) is 5.92 Å². The molecule has 1 aromatic rings. The summed E-state index contributed by atoms with van der Waals surface area (Å²) < 4.78 is 26.6. The van der Waals surface area contributed by atoms with E-state index in [1.807, 2.05) is 13.8 Å². The molecule has 0 unspecified atom stereocenters. The van der Waals surface area contributed by atoms with Gasteiger partial charge in [0, 0.05) is 25.0 Å².